The van der Waals surface area contributed by atoms with Crippen molar-refractivity contribution in [1.29, 1.82) is 5.41 Å². The van der Waals surface area contributed by atoms with Crippen molar-refractivity contribution in [2.75, 3.05) is 0 Å². The summed E-state index contributed by atoms with van der Waals surface area (Å²) in [4.78, 5) is 38.9. The van der Waals surface area contributed by atoms with Crippen molar-refractivity contribution in [3.05, 3.63) is 87.4 Å². The van der Waals surface area contributed by atoms with Gasteiger partial charge in [-0.25, -0.2) is 14.0 Å². The number of carboxylic acid groups (broad SMARTS) is 1. The van der Waals surface area contributed by atoms with Gasteiger partial charge in [0.15, 0.2) is 11.6 Å². The molecule has 5 N–H and O–H groups in total. The number of amides is 1. The van der Waals surface area contributed by atoms with Crippen LogP contribution in [0.25, 0.3) is 0 Å². The second-order valence-corrected chi connectivity index (χ2v) is 10.1. The molecule has 1 heterocycles. The second-order valence-electron chi connectivity index (χ2n) is 8.93. The van der Waals surface area contributed by atoms with Gasteiger partial charge in [0.1, 0.15) is 16.8 Å². The van der Waals surface area contributed by atoms with Gasteiger partial charge in [-0.15, -0.1) is 23.7 Å². The highest BCUT2D eigenvalue weighted by Crippen LogP contribution is 2.34. The van der Waals surface area contributed by atoms with E-state index in [1.165, 1.54) is 12.1 Å². The Morgan fingerprint density at radius 1 is 1.10 bits per heavy atom. The Bertz CT molecular complexity index is 1330. The molecule has 0 bridgehead atoms. The van der Waals surface area contributed by atoms with Crippen LogP contribution in [0.3, 0.4) is 0 Å². The van der Waals surface area contributed by atoms with Crippen molar-refractivity contribution in [2.24, 2.45) is 11.1 Å². The normalized spacial score (nSPS) is 11.7. The summed E-state index contributed by atoms with van der Waals surface area (Å²) in [5, 5.41) is 19.8. The van der Waals surface area contributed by atoms with Gasteiger partial charge in [0.05, 0.1) is 5.41 Å². The molecule has 0 spiro atoms. The quantitative estimate of drug-likeness (QED) is 0.104. The minimum Gasteiger partial charge on any atom is -0.480 e. The highest BCUT2D eigenvalue weighted by molar-refractivity contribution is 7.14. The van der Waals surface area contributed by atoms with Crippen molar-refractivity contribution < 1.29 is 28.6 Å². The lowest BCUT2D eigenvalue weighted by Crippen LogP contribution is -2.50. The molecule has 3 aromatic rings. The minimum atomic E-state index is -1.12. The predicted molar refractivity (Wildman–Crippen MR) is 150 cm³/mol. The number of carbonyl (C=O) groups is 3. The molecule has 0 aliphatic heterocycles. The number of benzene rings is 2. The number of hydrogen-bond donors (Lipinski definition) is 4. The number of hydrogen-bond acceptors (Lipinski definition) is 6. The molecule has 0 aliphatic carbocycles. The molecule has 0 saturated carbocycles. The lowest BCUT2D eigenvalue weighted by molar-refractivity contribution is -0.144. The Labute approximate surface area is 236 Å². The van der Waals surface area contributed by atoms with Gasteiger partial charge in [-0.1, -0.05) is 44.2 Å². The van der Waals surface area contributed by atoms with E-state index >= 15 is 0 Å². The van der Waals surface area contributed by atoms with Crippen LogP contribution in [-0.2, 0) is 22.4 Å². The summed E-state index contributed by atoms with van der Waals surface area (Å²) in [7, 11) is 0. The molecular formula is C28H31ClFN3O5S. The fourth-order valence-corrected chi connectivity index (χ4v) is 5.11. The van der Waals surface area contributed by atoms with Crippen LogP contribution in [0.5, 0.6) is 5.75 Å². The summed E-state index contributed by atoms with van der Waals surface area (Å²) in [5.41, 5.74) is 5.44. The summed E-state index contributed by atoms with van der Waals surface area (Å²) in [6.07, 6.45) is 1.37. The van der Waals surface area contributed by atoms with Gasteiger partial charge in [-0.3, -0.25) is 10.2 Å². The molecule has 1 amide bonds. The maximum atomic E-state index is 14.3. The van der Waals surface area contributed by atoms with Crippen molar-refractivity contribution in [2.45, 2.75) is 45.6 Å². The Balaban J connectivity index is 0.00000533. The first-order valence-electron chi connectivity index (χ1n) is 12.1. The third kappa shape index (κ3) is 7.87. The molecule has 11 heteroatoms. The molecule has 208 valence electrons. The molecule has 0 fully saturated rings. The van der Waals surface area contributed by atoms with Gasteiger partial charge >= 0.3 is 11.9 Å². The van der Waals surface area contributed by atoms with Crippen molar-refractivity contribution >= 4 is 47.4 Å². The molecular weight excluding hydrogens is 545 g/mol. The highest BCUT2D eigenvalue weighted by Gasteiger charge is 2.38. The van der Waals surface area contributed by atoms with Crippen LogP contribution in [0.15, 0.2) is 60.7 Å². The number of nitrogen functional groups attached to an aromatic ring is 1. The number of thiophene rings is 1. The Kier molecular flexibility index (Phi) is 11.2. The van der Waals surface area contributed by atoms with Crippen molar-refractivity contribution in [3.63, 3.8) is 0 Å². The topological polar surface area (TPSA) is 143 Å². The van der Waals surface area contributed by atoms with Gasteiger partial charge < -0.3 is 20.9 Å². The van der Waals surface area contributed by atoms with E-state index in [1.54, 1.807) is 12.1 Å². The van der Waals surface area contributed by atoms with Crippen LogP contribution in [0.2, 0.25) is 0 Å². The lowest BCUT2D eigenvalue weighted by Gasteiger charge is -2.31. The molecule has 2 aromatic carbocycles. The monoisotopic (exact) mass is 575 g/mol. The van der Waals surface area contributed by atoms with Crippen LogP contribution in [0.1, 0.15) is 52.4 Å². The van der Waals surface area contributed by atoms with E-state index < -0.39 is 29.2 Å². The van der Waals surface area contributed by atoms with E-state index in [2.05, 4.69) is 5.32 Å². The maximum Gasteiger partial charge on any atom is 0.353 e. The van der Waals surface area contributed by atoms with Crippen LogP contribution in [-0.4, -0.2) is 34.8 Å². The summed E-state index contributed by atoms with van der Waals surface area (Å²) >= 11 is 1.13. The number of esters is 1. The van der Waals surface area contributed by atoms with E-state index in [4.69, 9.17) is 15.9 Å². The number of rotatable bonds is 12. The first-order valence-corrected chi connectivity index (χ1v) is 12.9. The molecule has 1 aromatic heterocycles. The molecule has 1 atom stereocenters. The van der Waals surface area contributed by atoms with Gasteiger partial charge in [-0.2, -0.15) is 0 Å². The zero-order valence-corrected chi connectivity index (χ0v) is 23.2. The van der Waals surface area contributed by atoms with E-state index in [1.807, 2.05) is 44.2 Å². The van der Waals surface area contributed by atoms with Crippen LogP contribution in [0.4, 0.5) is 4.39 Å². The zero-order chi connectivity index (χ0) is 27.9. The summed E-state index contributed by atoms with van der Waals surface area (Å²) in [5.74, 6) is -3.65. The third-order valence-corrected chi connectivity index (χ3v) is 7.61. The van der Waals surface area contributed by atoms with E-state index in [-0.39, 0.29) is 46.8 Å². The maximum absolute atomic E-state index is 14.3. The summed E-state index contributed by atoms with van der Waals surface area (Å²) < 4.78 is 19.5. The number of ether oxygens (including phenoxy) is 1. The summed E-state index contributed by atoms with van der Waals surface area (Å²) in [6.45, 7) is 3.73. The zero-order valence-electron chi connectivity index (χ0n) is 21.5. The number of carbonyl (C=O) groups excluding carboxylic acids is 2. The second kappa shape index (κ2) is 13.9. The lowest BCUT2D eigenvalue weighted by atomic mass is 9.77. The highest BCUT2D eigenvalue weighted by atomic mass is 35.5. The standard InChI is InChI=1S/C28H30FN3O5S.ClH/c1-3-28(4-2,27(36)32-21(25(33)34)14-17-8-6-5-7-9-17)16-19-11-13-23(38-19)26(35)37-22-12-10-18(24(30)31)15-20(22)29;/h5-13,15,21H,3-4,14,16H2,1-2H3,(H3,30,31)(H,32,36)(H,33,34);1H/t21-;/m0./s1. The minimum absolute atomic E-state index is 0. The first kappa shape index (κ1) is 31.5. The predicted octanol–water partition coefficient (Wildman–Crippen LogP) is 4.97. The number of nitrogens with two attached hydrogens (primary N) is 1. The van der Waals surface area contributed by atoms with Crippen LogP contribution in [0, 0.1) is 16.6 Å². The molecule has 8 nitrogen and oxygen atoms in total. The fourth-order valence-electron chi connectivity index (χ4n) is 4.08. The average molecular weight is 576 g/mol. The van der Waals surface area contributed by atoms with Gasteiger partial charge in [0, 0.05) is 16.9 Å². The molecule has 0 saturated heterocycles. The van der Waals surface area contributed by atoms with Crippen molar-refractivity contribution in [3.8, 4) is 5.75 Å². The van der Waals surface area contributed by atoms with Gasteiger partial charge in [0.25, 0.3) is 0 Å². The van der Waals surface area contributed by atoms with Gasteiger partial charge in [-0.05, 0) is 55.2 Å². The molecule has 0 unspecified atom stereocenters. The van der Waals surface area contributed by atoms with E-state index in [0.717, 1.165) is 27.8 Å². The average Bonchev–Trinajstić information content (AvgIpc) is 3.37. The van der Waals surface area contributed by atoms with Gasteiger partial charge in [0.2, 0.25) is 5.91 Å². The molecule has 0 radical (unpaired) electrons. The SMILES string of the molecule is CCC(CC)(Cc1ccc(C(=O)Oc2ccc(C(=N)N)cc2F)s1)C(=O)N[C@@H](Cc1ccccc1)C(=O)O.Cl. The van der Waals surface area contributed by atoms with E-state index in [9.17, 15) is 23.9 Å². The largest absolute Gasteiger partial charge is 0.480 e. The van der Waals surface area contributed by atoms with Crippen LogP contribution < -0.4 is 15.8 Å². The summed E-state index contributed by atoms with van der Waals surface area (Å²) in [6, 6.07) is 14.9. The smallest absolute Gasteiger partial charge is 0.353 e. The van der Waals surface area contributed by atoms with Crippen molar-refractivity contribution in [1.82, 2.24) is 5.32 Å². The number of carboxylic acids is 1. The Hall–Kier alpha value is -3.76. The molecule has 3 rings (SSSR count). The first-order chi connectivity index (χ1) is 18.1. The number of amidine groups is 1. The molecule has 39 heavy (non-hydrogen) atoms. The Morgan fingerprint density at radius 3 is 2.33 bits per heavy atom. The van der Waals surface area contributed by atoms with E-state index in [0.29, 0.717) is 19.3 Å². The number of nitrogens with one attached hydrogen (secondary N) is 2. The third-order valence-electron chi connectivity index (χ3n) is 6.54. The number of aliphatic carboxylic acids is 1. The van der Waals surface area contributed by atoms with Crippen LogP contribution >= 0.6 is 23.7 Å². The fraction of sp³-hybridized carbons (Fsp3) is 0.286. The molecule has 0 aliphatic rings. The number of halogens is 2. The Morgan fingerprint density at radius 2 is 1.77 bits per heavy atom.